The third kappa shape index (κ3) is 6.64. The zero-order valence-electron chi connectivity index (χ0n) is 12.7. The molecule has 0 saturated carbocycles. The van der Waals surface area contributed by atoms with E-state index >= 15 is 0 Å². The summed E-state index contributed by atoms with van der Waals surface area (Å²) in [4.78, 5) is 24.0. The van der Waals surface area contributed by atoms with Gasteiger partial charge in [-0.05, 0) is 24.3 Å². The number of nitrogens with zero attached hydrogens (tertiary/aromatic N) is 1. The SMILES string of the molecule is COc1ccc(OCCN(C)C(=O)C(N)CC(N)=O)cc1.Cl. The molecule has 0 bridgehead atoms. The lowest BCUT2D eigenvalue weighted by Gasteiger charge is -2.20. The van der Waals surface area contributed by atoms with E-state index in [1.165, 1.54) is 4.90 Å². The first-order valence-corrected chi connectivity index (χ1v) is 6.49. The van der Waals surface area contributed by atoms with Crippen LogP contribution in [0.25, 0.3) is 0 Å². The summed E-state index contributed by atoms with van der Waals surface area (Å²) in [6.45, 7) is 0.676. The molecule has 1 aromatic rings. The van der Waals surface area contributed by atoms with Gasteiger partial charge in [0.25, 0.3) is 0 Å². The minimum absolute atomic E-state index is 0. The predicted molar refractivity (Wildman–Crippen MR) is 85.2 cm³/mol. The van der Waals surface area contributed by atoms with E-state index in [2.05, 4.69) is 0 Å². The molecule has 0 radical (unpaired) electrons. The molecule has 0 spiro atoms. The highest BCUT2D eigenvalue weighted by atomic mass is 35.5. The molecular formula is C14H22ClN3O4. The van der Waals surface area contributed by atoms with E-state index < -0.39 is 11.9 Å². The summed E-state index contributed by atoms with van der Waals surface area (Å²) in [7, 11) is 3.19. The van der Waals surface area contributed by atoms with Crippen LogP contribution in [0.3, 0.4) is 0 Å². The molecule has 0 fully saturated rings. The van der Waals surface area contributed by atoms with Gasteiger partial charge in [-0.1, -0.05) is 0 Å². The van der Waals surface area contributed by atoms with Crippen LogP contribution >= 0.6 is 12.4 Å². The third-order valence-electron chi connectivity index (χ3n) is 2.87. The van der Waals surface area contributed by atoms with Crippen LogP contribution in [-0.2, 0) is 9.59 Å². The van der Waals surface area contributed by atoms with Crippen LogP contribution in [0.4, 0.5) is 0 Å². The van der Waals surface area contributed by atoms with Gasteiger partial charge in [0.15, 0.2) is 0 Å². The maximum atomic E-state index is 11.8. The summed E-state index contributed by atoms with van der Waals surface area (Å²) in [5, 5.41) is 0. The predicted octanol–water partition coefficient (Wildman–Crippen LogP) is 0.157. The van der Waals surface area contributed by atoms with Crippen LogP contribution < -0.4 is 20.9 Å². The highest BCUT2D eigenvalue weighted by Crippen LogP contribution is 2.16. The number of nitrogens with two attached hydrogens (primary N) is 2. The van der Waals surface area contributed by atoms with Gasteiger partial charge in [-0.2, -0.15) is 0 Å². The van der Waals surface area contributed by atoms with E-state index in [1.807, 2.05) is 0 Å². The highest BCUT2D eigenvalue weighted by molar-refractivity contribution is 5.87. The number of rotatable bonds is 8. The van der Waals surface area contributed by atoms with Crippen molar-refractivity contribution in [3.63, 3.8) is 0 Å². The summed E-state index contributed by atoms with van der Waals surface area (Å²) in [6, 6.07) is 6.22. The number of carbonyl (C=O) groups excluding carboxylic acids is 2. The quantitative estimate of drug-likeness (QED) is 0.705. The molecule has 0 saturated heterocycles. The van der Waals surface area contributed by atoms with Gasteiger partial charge < -0.3 is 25.8 Å². The maximum absolute atomic E-state index is 11.8. The van der Waals surface area contributed by atoms with Crippen LogP contribution in [0, 0.1) is 0 Å². The first-order valence-electron chi connectivity index (χ1n) is 6.49. The molecule has 7 nitrogen and oxygen atoms in total. The van der Waals surface area contributed by atoms with E-state index in [9.17, 15) is 9.59 Å². The van der Waals surface area contributed by atoms with Gasteiger partial charge in [0.05, 0.1) is 26.1 Å². The summed E-state index contributed by atoms with van der Waals surface area (Å²) in [6.07, 6.45) is -0.164. The second-order valence-corrected chi connectivity index (χ2v) is 4.56. The number of benzene rings is 1. The van der Waals surface area contributed by atoms with E-state index in [4.69, 9.17) is 20.9 Å². The van der Waals surface area contributed by atoms with Crippen molar-refractivity contribution >= 4 is 24.2 Å². The van der Waals surface area contributed by atoms with Crippen molar-refractivity contribution in [2.75, 3.05) is 27.3 Å². The number of hydrogen-bond donors (Lipinski definition) is 2. The van der Waals surface area contributed by atoms with Crippen molar-refractivity contribution in [2.24, 2.45) is 11.5 Å². The van der Waals surface area contributed by atoms with Gasteiger partial charge in [-0.25, -0.2) is 0 Å². The lowest BCUT2D eigenvalue weighted by Crippen LogP contribution is -2.45. The van der Waals surface area contributed by atoms with Crippen LogP contribution in [0.15, 0.2) is 24.3 Å². The molecule has 0 heterocycles. The highest BCUT2D eigenvalue weighted by Gasteiger charge is 2.19. The van der Waals surface area contributed by atoms with Crippen molar-refractivity contribution in [1.82, 2.24) is 4.90 Å². The van der Waals surface area contributed by atoms with Gasteiger partial charge in [0.1, 0.15) is 18.1 Å². The summed E-state index contributed by atoms with van der Waals surface area (Å²) in [5.41, 5.74) is 10.6. The smallest absolute Gasteiger partial charge is 0.239 e. The summed E-state index contributed by atoms with van der Waals surface area (Å²) >= 11 is 0. The molecule has 1 rings (SSSR count). The van der Waals surface area contributed by atoms with Gasteiger partial charge in [-0.15, -0.1) is 12.4 Å². The minimum atomic E-state index is -0.909. The number of carbonyl (C=O) groups is 2. The largest absolute Gasteiger partial charge is 0.497 e. The van der Waals surface area contributed by atoms with E-state index in [-0.39, 0.29) is 24.7 Å². The Kier molecular flexibility index (Phi) is 8.97. The molecule has 124 valence electrons. The normalized spacial score (nSPS) is 11.0. The van der Waals surface area contributed by atoms with E-state index in [0.29, 0.717) is 18.9 Å². The molecule has 4 N–H and O–H groups in total. The van der Waals surface area contributed by atoms with Gasteiger partial charge in [-0.3, -0.25) is 9.59 Å². The number of hydrogen-bond acceptors (Lipinski definition) is 5. The Balaban J connectivity index is 0.00000441. The van der Waals surface area contributed by atoms with Crippen LogP contribution in [-0.4, -0.2) is 50.1 Å². The fourth-order valence-electron chi connectivity index (χ4n) is 1.67. The number of halogens is 1. The molecule has 0 aliphatic heterocycles. The second-order valence-electron chi connectivity index (χ2n) is 4.56. The van der Waals surface area contributed by atoms with Crippen LogP contribution in [0.1, 0.15) is 6.42 Å². The van der Waals surface area contributed by atoms with E-state index in [0.717, 1.165) is 5.75 Å². The molecule has 0 aromatic heterocycles. The topological polar surface area (TPSA) is 108 Å². The Labute approximate surface area is 135 Å². The van der Waals surface area contributed by atoms with Crippen molar-refractivity contribution in [2.45, 2.75) is 12.5 Å². The monoisotopic (exact) mass is 331 g/mol. The Morgan fingerprint density at radius 2 is 1.77 bits per heavy atom. The van der Waals surface area contributed by atoms with Crippen molar-refractivity contribution in [3.05, 3.63) is 24.3 Å². The molecular weight excluding hydrogens is 310 g/mol. The van der Waals surface area contributed by atoms with Gasteiger partial charge >= 0.3 is 0 Å². The summed E-state index contributed by atoms with van der Waals surface area (Å²) in [5.74, 6) is 0.482. The average molecular weight is 332 g/mol. The molecule has 2 amide bonds. The van der Waals surface area contributed by atoms with Crippen molar-refractivity contribution in [1.29, 1.82) is 0 Å². The number of likely N-dealkylation sites (N-methyl/N-ethyl adjacent to an activating group) is 1. The summed E-state index contributed by atoms with van der Waals surface area (Å²) < 4.78 is 10.5. The Hall–Kier alpha value is -1.99. The Morgan fingerprint density at radius 3 is 2.27 bits per heavy atom. The first-order chi connectivity index (χ1) is 9.93. The average Bonchev–Trinajstić information content (AvgIpc) is 2.46. The van der Waals surface area contributed by atoms with E-state index in [1.54, 1.807) is 38.4 Å². The molecule has 1 aromatic carbocycles. The number of methoxy groups -OCH3 is 1. The molecule has 22 heavy (non-hydrogen) atoms. The number of primary amides is 1. The van der Waals surface area contributed by atoms with Crippen molar-refractivity contribution < 1.29 is 19.1 Å². The van der Waals surface area contributed by atoms with Gasteiger partial charge in [0.2, 0.25) is 11.8 Å². The lowest BCUT2D eigenvalue weighted by atomic mass is 10.2. The lowest BCUT2D eigenvalue weighted by molar-refractivity contribution is -0.133. The van der Waals surface area contributed by atoms with Crippen LogP contribution in [0.2, 0.25) is 0 Å². The fourth-order valence-corrected chi connectivity index (χ4v) is 1.67. The molecule has 0 aliphatic carbocycles. The molecule has 0 aliphatic rings. The third-order valence-corrected chi connectivity index (χ3v) is 2.87. The molecule has 1 unspecified atom stereocenters. The van der Waals surface area contributed by atoms with Crippen molar-refractivity contribution in [3.8, 4) is 11.5 Å². The van der Waals surface area contributed by atoms with Crippen LogP contribution in [0.5, 0.6) is 11.5 Å². The number of ether oxygens (including phenoxy) is 2. The Bertz CT molecular complexity index is 481. The fraction of sp³-hybridized carbons (Fsp3) is 0.429. The molecule has 8 heteroatoms. The van der Waals surface area contributed by atoms with Gasteiger partial charge in [0, 0.05) is 7.05 Å². The zero-order chi connectivity index (χ0) is 15.8. The number of amides is 2. The second kappa shape index (κ2) is 9.86. The Morgan fingerprint density at radius 1 is 1.23 bits per heavy atom. The maximum Gasteiger partial charge on any atom is 0.239 e. The minimum Gasteiger partial charge on any atom is -0.497 e. The zero-order valence-corrected chi connectivity index (χ0v) is 13.5. The molecule has 1 atom stereocenters. The standard InChI is InChI=1S/C14H21N3O4.ClH/c1-17(14(19)12(15)9-13(16)18)7-8-21-11-5-3-10(20-2)4-6-11;/h3-6,12H,7-9,15H2,1-2H3,(H2,16,18);1H. The first kappa shape index (κ1) is 20.0.